The molecule has 0 aliphatic carbocycles. The second-order valence-electron chi connectivity index (χ2n) is 5.46. The molecule has 122 valence electrons. The van der Waals surface area contributed by atoms with Crippen LogP contribution in [0.5, 0.6) is 0 Å². The maximum atomic E-state index is 11.3. The number of carbonyl (C=O) groups excluding carboxylic acids is 1. The Balaban J connectivity index is 2.21. The SMILES string of the molecule is CCC(C)N(C=O)C1CC(c2ncc([N+](=O)[O-])n2C)N(C)O1. The van der Waals surface area contributed by atoms with Gasteiger partial charge in [0.2, 0.25) is 12.2 Å². The highest BCUT2D eigenvalue weighted by atomic mass is 16.7. The second kappa shape index (κ2) is 6.41. The molecule has 1 aliphatic heterocycles. The van der Waals surface area contributed by atoms with Gasteiger partial charge in [0.25, 0.3) is 0 Å². The predicted octanol–water partition coefficient (Wildman–Crippen LogP) is 1.22. The van der Waals surface area contributed by atoms with Crippen molar-refractivity contribution in [2.75, 3.05) is 7.05 Å². The van der Waals surface area contributed by atoms with Gasteiger partial charge in [-0.05, 0) is 18.3 Å². The van der Waals surface area contributed by atoms with E-state index >= 15 is 0 Å². The highest BCUT2D eigenvalue weighted by molar-refractivity contribution is 5.48. The number of hydroxylamine groups is 2. The van der Waals surface area contributed by atoms with Crippen LogP contribution in [0.1, 0.15) is 38.6 Å². The molecule has 1 saturated heterocycles. The number of nitrogens with zero attached hydrogens (tertiary/aromatic N) is 5. The van der Waals surface area contributed by atoms with Crippen LogP contribution in [0.25, 0.3) is 0 Å². The van der Waals surface area contributed by atoms with Crippen molar-refractivity contribution in [3.63, 3.8) is 0 Å². The zero-order chi connectivity index (χ0) is 16.4. The van der Waals surface area contributed by atoms with Crippen molar-refractivity contribution in [1.82, 2.24) is 19.5 Å². The Bertz CT molecular complexity index is 561. The van der Waals surface area contributed by atoms with E-state index in [1.54, 1.807) is 24.1 Å². The number of amides is 1. The Morgan fingerprint density at radius 1 is 1.64 bits per heavy atom. The molecule has 2 heterocycles. The monoisotopic (exact) mass is 311 g/mol. The predicted molar refractivity (Wildman–Crippen MR) is 77.5 cm³/mol. The molecule has 0 aromatic carbocycles. The van der Waals surface area contributed by atoms with Gasteiger partial charge in [-0.1, -0.05) is 6.92 Å². The van der Waals surface area contributed by atoms with Crippen LogP contribution in [-0.4, -0.2) is 50.2 Å². The van der Waals surface area contributed by atoms with Gasteiger partial charge in [-0.3, -0.25) is 9.63 Å². The molecule has 1 fully saturated rings. The van der Waals surface area contributed by atoms with E-state index in [2.05, 4.69) is 4.98 Å². The van der Waals surface area contributed by atoms with Crippen LogP contribution in [0.3, 0.4) is 0 Å². The average Bonchev–Trinajstić information content (AvgIpc) is 3.02. The largest absolute Gasteiger partial charge is 0.358 e. The van der Waals surface area contributed by atoms with Crippen LogP contribution >= 0.6 is 0 Å². The lowest BCUT2D eigenvalue weighted by atomic mass is 10.1. The molecule has 1 aromatic rings. The van der Waals surface area contributed by atoms with E-state index in [-0.39, 0.29) is 17.9 Å². The first-order valence-electron chi connectivity index (χ1n) is 7.19. The number of hydrogen-bond acceptors (Lipinski definition) is 6. The van der Waals surface area contributed by atoms with E-state index in [1.807, 2.05) is 13.8 Å². The molecule has 9 nitrogen and oxygen atoms in total. The fourth-order valence-electron chi connectivity index (χ4n) is 2.65. The first-order valence-corrected chi connectivity index (χ1v) is 7.19. The minimum absolute atomic E-state index is 0.0605. The lowest BCUT2D eigenvalue weighted by molar-refractivity contribution is -0.391. The smallest absolute Gasteiger partial charge is 0.342 e. The van der Waals surface area contributed by atoms with Crippen LogP contribution in [0, 0.1) is 10.1 Å². The van der Waals surface area contributed by atoms with E-state index in [1.165, 1.54) is 10.8 Å². The van der Waals surface area contributed by atoms with E-state index in [0.717, 1.165) is 12.8 Å². The van der Waals surface area contributed by atoms with Crippen molar-refractivity contribution in [2.45, 2.75) is 45.0 Å². The number of nitro groups is 1. The lowest BCUT2D eigenvalue weighted by Gasteiger charge is -2.29. The van der Waals surface area contributed by atoms with Crippen LogP contribution < -0.4 is 0 Å². The second-order valence-corrected chi connectivity index (χ2v) is 5.46. The average molecular weight is 311 g/mol. The zero-order valence-electron chi connectivity index (χ0n) is 13.2. The van der Waals surface area contributed by atoms with Crippen LogP contribution in [0.15, 0.2) is 6.20 Å². The highest BCUT2D eigenvalue weighted by Gasteiger charge is 2.40. The van der Waals surface area contributed by atoms with Crippen molar-refractivity contribution in [1.29, 1.82) is 0 Å². The minimum Gasteiger partial charge on any atom is -0.358 e. The third kappa shape index (κ3) is 2.81. The maximum Gasteiger partial charge on any atom is 0.342 e. The lowest BCUT2D eigenvalue weighted by Crippen LogP contribution is -2.40. The maximum absolute atomic E-state index is 11.3. The Hall–Kier alpha value is -2.00. The van der Waals surface area contributed by atoms with Crippen LogP contribution in [0.2, 0.25) is 0 Å². The summed E-state index contributed by atoms with van der Waals surface area (Å²) in [5, 5.41) is 12.5. The normalized spacial score (nSPS) is 23.5. The summed E-state index contributed by atoms with van der Waals surface area (Å²) in [5.41, 5.74) is 0. The molecule has 1 aromatic heterocycles. The molecule has 0 bridgehead atoms. The van der Waals surface area contributed by atoms with Crippen molar-refractivity contribution < 1.29 is 14.6 Å². The molecule has 1 aliphatic rings. The summed E-state index contributed by atoms with van der Waals surface area (Å²) in [5.74, 6) is 0.479. The van der Waals surface area contributed by atoms with Crippen LogP contribution in [-0.2, 0) is 16.7 Å². The third-order valence-electron chi connectivity index (χ3n) is 4.19. The van der Waals surface area contributed by atoms with Gasteiger partial charge < -0.3 is 15.0 Å². The molecule has 3 unspecified atom stereocenters. The van der Waals surface area contributed by atoms with E-state index in [0.29, 0.717) is 12.2 Å². The molecule has 0 saturated carbocycles. The number of imidazole rings is 1. The summed E-state index contributed by atoms with van der Waals surface area (Å²) in [6.45, 7) is 3.95. The molecule has 0 N–H and O–H groups in total. The Morgan fingerprint density at radius 3 is 2.82 bits per heavy atom. The zero-order valence-corrected chi connectivity index (χ0v) is 13.2. The number of rotatable bonds is 6. The third-order valence-corrected chi connectivity index (χ3v) is 4.19. The van der Waals surface area contributed by atoms with Gasteiger partial charge in [-0.15, -0.1) is 0 Å². The number of aromatic nitrogens is 2. The van der Waals surface area contributed by atoms with Gasteiger partial charge in [0, 0.05) is 19.5 Å². The van der Waals surface area contributed by atoms with Gasteiger partial charge in [-0.2, -0.15) is 5.06 Å². The summed E-state index contributed by atoms with van der Waals surface area (Å²) >= 11 is 0. The summed E-state index contributed by atoms with van der Waals surface area (Å²) < 4.78 is 1.45. The standard InChI is InChI=1S/C13H21N5O4/c1-5-9(2)17(8-19)12-6-10(16(4)22-12)13-14-7-11(15(13)3)18(20)21/h7-10,12H,5-6H2,1-4H3. The van der Waals surface area contributed by atoms with E-state index in [4.69, 9.17) is 4.84 Å². The minimum atomic E-state index is -0.472. The Labute approximate surface area is 128 Å². The van der Waals surface area contributed by atoms with Crippen molar-refractivity contribution in [3.8, 4) is 0 Å². The summed E-state index contributed by atoms with van der Waals surface area (Å²) in [4.78, 5) is 33.3. The number of hydrogen-bond donors (Lipinski definition) is 0. The van der Waals surface area contributed by atoms with Crippen molar-refractivity contribution in [2.24, 2.45) is 7.05 Å². The molecule has 3 atom stereocenters. The highest BCUT2D eigenvalue weighted by Crippen LogP contribution is 2.34. The van der Waals surface area contributed by atoms with Gasteiger partial charge >= 0.3 is 5.82 Å². The van der Waals surface area contributed by atoms with Gasteiger partial charge in [-0.25, -0.2) is 9.55 Å². The Kier molecular flexibility index (Phi) is 4.77. The molecule has 0 radical (unpaired) electrons. The quantitative estimate of drug-likeness (QED) is 0.445. The molecule has 1 amide bonds. The molecule has 9 heteroatoms. The first-order chi connectivity index (χ1) is 10.4. The topological polar surface area (TPSA) is 93.7 Å². The first kappa shape index (κ1) is 16.4. The van der Waals surface area contributed by atoms with Gasteiger partial charge in [0.1, 0.15) is 12.2 Å². The van der Waals surface area contributed by atoms with E-state index in [9.17, 15) is 14.9 Å². The molecule has 0 spiro atoms. The van der Waals surface area contributed by atoms with Crippen molar-refractivity contribution in [3.05, 3.63) is 22.1 Å². The summed E-state index contributed by atoms with van der Waals surface area (Å²) in [7, 11) is 3.35. The Morgan fingerprint density at radius 2 is 2.32 bits per heavy atom. The fourth-order valence-corrected chi connectivity index (χ4v) is 2.65. The molecule has 22 heavy (non-hydrogen) atoms. The molecular weight excluding hydrogens is 290 g/mol. The molecular formula is C13H21N5O4. The molecule has 2 rings (SSSR count). The fraction of sp³-hybridized carbons (Fsp3) is 0.692. The van der Waals surface area contributed by atoms with E-state index < -0.39 is 11.2 Å². The number of carbonyl (C=O) groups is 1. The van der Waals surface area contributed by atoms with Crippen LogP contribution in [0.4, 0.5) is 5.82 Å². The van der Waals surface area contributed by atoms with Gasteiger partial charge in [0.05, 0.1) is 7.05 Å². The summed E-state index contributed by atoms with van der Waals surface area (Å²) in [6, 6.07) is -0.180. The van der Waals surface area contributed by atoms with Crippen molar-refractivity contribution >= 4 is 12.2 Å². The summed E-state index contributed by atoms with van der Waals surface area (Å²) in [6.07, 6.45) is 2.97. The van der Waals surface area contributed by atoms with Gasteiger partial charge in [0.15, 0.2) is 6.23 Å².